The number of piperazine rings is 1. The molecular formula is C18H24FN3O4S. The Labute approximate surface area is 159 Å². The number of hydroxylamine groups is 1. The zero-order valence-corrected chi connectivity index (χ0v) is 16.0. The first-order valence-electron chi connectivity index (χ1n) is 8.78. The molecule has 0 spiro atoms. The van der Waals surface area contributed by atoms with E-state index in [4.69, 9.17) is 4.84 Å². The maximum atomic E-state index is 13.0. The van der Waals surface area contributed by atoms with Crippen molar-refractivity contribution in [1.82, 2.24) is 9.79 Å². The highest BCUT2D eigenvalue weighted by Crippen LogP contribution is 2.18. The Morgan fingerprint density at radius 1 is 1.26 bits per heavy atom. The van der Waals surface area contributed by atoms with Crippen molar-refractivity contribution in [2.24, 2.45) is 0 Å². The molecule has 9 heteroatoms. The van der Waals surface area contributed by atoms with E-state index in [1.807, 2.05) is 17.3 Å². The molecule has 0 aromatic heterocycles. The van der Waals surface area contributed by atoms with E-state index in [1.165, 1.54) is 16.4 Å². The monoisotopic (exact) mass is 397 g/mol. The predicted octanol–water partition coefficient (Wildman–Crippen LogP) is 1.13. The highest BCUT2D eigenvalue weighted by Gasteiger charge is 2.29. The van der Waals surface area contributed by atoms with Crippen LogP contribution in [0.4, 0.5) is 10.1 Å². The van der Waals surface area contributed by atoms with Crippen LogP contribution in [0.5, 0.6) is 0 Å². The summed E-state index contributed by atoms with van der Waals surface area (Å²) in [6.07, 6.45) is 0.876. The molecule has 1 N–H and O–H groups in total. The second-order valence-electron chi connectivity index (χ2n) is 6.05. The van der Waals surface area contributed by atoms with E-state index in [0.29, 0.717) is 39.0 Å². The summed E-state index contributed by atoms with van der Waals surface area (Å²) in [5.74, 6) is 4.96. The number of benzene rings is 1. The van der Waals surface area contributed by atoms with Crippen LogP contribution in [0.25, 0.3) is 0 Å². The average Bonchev–Trinajstić information content (AvgIpc) is 2.66. The Kier molecular flexibility index (Phi) is 8.03. The molecule has 1 heterocycles. The summed E-state index contributed by atoms with van der Waals surface area (Å²) in [6.45, 7) is 3.60. The van der Waals surface area contributed by atoms with Crippen LogP contribution in [0.1, 0.15) is 19.8 Å². The fraction of sp³-hybridized carbons (Fsp3) is 0.500. The zero-order valence-electron chi connectivity index (χ0n) is 15.2. The summed E-state index contributed by atoms with van der Waals surface area (Å²) >= 11 is 0. The molecule has 0 saturated carbocycles. The van der Waals surface area contributed by atoms with E-state index < -0.39 is 16.1 Å². The topological polar surface area (TPSA) is 79.0 Å². The maximum Gasteiger partial charge on any atom is 0.230 e. The number of anilines is 1. The van der Waals surface area contributed by atoms with Crippen LogP contribution in [0, 0.1) is 17.7 Å². The molecule has 0 radical (unpaired) electrons. The van der Waals surface area contributed by atoms with Gasteiger partial charge in [-0.1, -0.05) is 12.8 Å². The molecule has 0 bridgehead atoms. The van der Waals surface area contributed by atoms with Crippen molar-refractivity contribution < 1.29 is 22.4 Å². The Morgan fingerprint density at radius 2 is 1.93 bits per heavy atom. The van der Waals surface area contributed by atoms with E-state index >= 15 is 0 Å². The van der Waals surface area contributed by atoms with Crippen LogP contribution in [0.15, 0.2) is 24.3 Å². The number of sulfonamides is 1. The van der Waals surface area contributed by atoms with E-state index in [9.17, 15) is 17.6 Å². The molecule has 1 aromatic carbocycles. The van der Waals surface area contributed by atoms with Crippen molar-refractivity contribution >= 4 is 22.1 Å². The van der Waals surface area contributed by atoms with Crippen molar-refractivity contribution in [3.05, 3.63) is 30.1 Å². The number of rotatable bonds is 8. The Bertz CT molecular complexity index is 766. The van der Waals surface area contributed by atoms with Crippen LogP contribution in [0.3, 0.4) is 0 Å². The van der Waals surface area contributed by atoms with Crippen LogP contribution < -0.4 is 10.4 Å². The highest BCUT2D eigenvalue weighted by atomic mass is 32.2. The van der Waals surface area contributed by atoms with Crippen LogP contribution in [-0.2, 0) is 19.7 Å². The molecule has 1 atom stereocenters. The first kappa shape index (κ1) is 21.2. The molecule has 148 valence electrons. The van der Waals surface area contributed by atoms with Crippen LogP contribution in [0.2, 0.25) is 0 Å². The number of hydrogen-bond donors (Lipinski definition) is 1. The van der Waals surface area contributed by atoms with E-state index in [-0.39, 0.29) is 11.6 Å². The molecule has 1 saturated heterocycles. The highest BCUT2D eigenvalue weighted by molar-refractivity contribution is 7.89. The molecule has 1 amide bonds. The molecule has 1 aromatic rings. The van der Waals surface area contributed by atoms with Gasteiger partial charge in [0.1, 0.15) is 11.6 Å². The lowest BCUT2D eigenvalue weighted by molar-refractivity contribution is -0.122. The normalized spacial score (nSPS) is 16.3. The fourth-order valence-electron chi connectivity index (χ4n) is 2.70. The van der Waals surface area contributed by atoms with Crippen molar-refractivity contribution in [1.29, 1.82) is 0 Å². The van der Waals surface area contributed by atoms with Gasteiger partial charge < -0.3 is 4.90 Å². The number of nitrogens with zero attached hydrogens (tertiary/aromatic N) is 2. The summed E-state index contributed by atoms with van der Waals surface area (Å²) in [4.78, 5) is 17.5. The molecule has 0 aliphatic carbocycles. The van der Waals surface area contributed by atoms with Crippen molar-refractivity contribution in [3.63, 3.8) is 0 Å². The molecule has 1 unspecified atom stereocenters. The third-order valence-electron chi connectivity index (χ3n) is 4.08. The molecule has 2 rings (SSSR count). The Balaban J connectivity index is 1.96. The van der Waals surface area contributed by atoms with Gasteiger partial charge in [0, 0.05) is 38.3 Å². The number of amides is 1. The third kappa shape index (κ3) is 6.50. The smallest absolute Gasteiger partial charge is 0.230 e. The van der Waals surface area contributed by atoms with Gasteiger partial charge in [0.25, 0.3) is 0 Å². The SMILES string of the molecule is CCCC#CC(CS(=O)(=O)N1CCN(c2ccc(F)cc2)CC1)ONC=O. The van der Waals surface area contributed by atoms with Crippen LogP contribution in [-0.4, -0.2) is 57.2 Å². The van der Waals surface area contributed by atoms with E-state index in [1.54, 1.807) is 12.1 Å². The van der Waals surface area contributed by atoms with Crippen molar-refractivity contribution in [3.8, 4) is 11.8 Å². The van der Waals surface area contributed by atoms with Gasteiger partial charge in [-0.2, -0.15) is 4.31 Å². The van der Waals surface area contributed by atoms with Gasteiger partial charge in [0.05, 0.1) is 0 Å². The van der Waals surface area contributed by atoms with Gasteiger partial charge in [-0.15, -0.1) is 5.92 Å². The summed E-state index contributed by atoms with van der Waals surface area (Å²) in [5, 5.41) is 0. The average molecular weight is 397 g/mol. The first-order chi connectivity index (χ1) is 13.0. The number of carbonyl (C=O) groups is 1. The first-order valence-corrected chi connectivity index (χ1v) is 10.4. The van der Waals surface area contributed by atoms with Gasteiger partial charge in [-0.3, -0.25) is 9.63 Å². The van der Waals surface area contributed by atoms with Crippen LogP contribution >= 0.6 is 0 Å². The lowest BCUT2D eigenvalue weighted by atomic mass is 10.2. The van der Waals surface area contributed by atoms with Gasteiger partial charge in [0.2, 0.25) is 16.4 Å². The molecule has 27 heavy (non-hydrogen) atoms. The summed E-state index contributed by atoms with van der Waals surface area (Å²) in [6, 6.07) is 6.13. The molecule has 1 aliphatic rings. The van der Waals surface area contributed by atoms with Crippen molar-refractivity contribution in [2.75, 3.05) is 36.8 Å². The van der Waals surface area contributed by atoms with Gasteiger partial charge in [-0.05, 0) is 30.7 Å². The summed E-state index contributed by atoms with van der Waals surface area (Å²) < 4.78 is 39.8. The minimum Gasteiger partial charge on any atom is -0.369 e. The van der Waals surface area contributed by atoms with Gasteiger partial charge in [0.15, 0.2) is 6.10 Å². The number of hydrogen-bond acceptors (Lipinski definition) is 5. The minimum absolute atomic E-state index is 0.306. The number of unbranched alkanes of at least 4 members (excludes halogenated alkanes) is 1. The summed E-state index contributed by atoms with van der Waals surface area (Å²) in [5.41, 5.74) is 2.89. The molecule has 1 fully saturated rings. The minimum atomic E-state index is -3.60. The number of carbonyl (C=O) groups excluding carboxylic acids is 1. The standard InChI is InChI=1S/C18H24FN3O4S/c1-2-3-4-5-18(26-20-15-23)14-27(24,25)22-12-10-21(11-13-22)17-8-6-16(19)7-9-17/h6-9,15,18H,2-3,10-14H2,1H3,(H,20,23). The van der Waals surface area contributed by atoms with Gasteiger partial charge >= 0.3 is 0 Å². The third-order valence-corrected chi connectivity index (χ3v) is 5.96. The number of halogens is 1. The second-order valence-corrected chi connectivity index (χ2v) is 8.07. The van der Waals surface area contributed by atoms with Crippen molar-refractivity contribution in [2.45, 2.75) is 25.9 Å². The van der Waals surface area contributed by atoms with Gasteiger partial charge in [-0.25, -0.2) is 18.3 Å². The maximum absolute atomic E-state index is 13.0. The molecule has 1 aliphatic heterocycles. The Morgan fingerprint density at radius 3 is 2.52 bits per heavy atom. The van der Waals surface area contributed by atoms with E-state index in [2.05, 4.69) is 11.8 Å². The molecule has 7 nitrogen and oxygen atoms in total. The lowest BCUT2D eigenvalue weighted by Gasteiger charge is -2.35. The largest absolute Gasteiger partial charge is 0.369 e. The Hall–Kier alpha value is -2.15. The molecular weight excluding hydrogens is 373 g/mol. The number of nitrogens with one attached hydrogen (secondary N) is 1. The summed E-state index contributed by atoms with van der Waals surface area (Å²) in [7, 11) is -3.60. The quantitative estimate of drug-likeness (QED) is 0.404. The second kappa shape index (κ2) is 10.3. The zero-order chi connectivity index (χ0) is 19.7. The lowest BCUT2D eigenvalue weighted by Crippen LogP contribution is -2.50. The predicted molar refractivity (Wildman–Crippen MR) is 101 cm³/mol. The fourth-order valence-corrected chi connectivity index (χ4v) is 4.16. The van der Waals surface area contributed by atoms with E-state index in [0.717, 1.165) is 12.1 Å².